The third-order valence-electron chi connectivity index (χ3n) is 2.41. The first-order chi connectivity index (χ1) is 6.84. The van der Waals surface area contributed by atoms with Gasteiger partial charge in [0, 0.05) is 36.8 Å². The molecule has 1 saturated carbocycles. The highest BCUT2D eigenvalue weighted by molar-refractivity contribution is 7.09. The molecule has 0 atom stereocenters. The first-order valence-electron chi connectivity index (χ1n) is 5.14. The van der Waals surface area contributed by atoms with E-state index in [1.54, 1.807) is 11.3 Å². The molecule has 0 saturated heterocycles. The molecule has 3 nitrogen and oxygen atoms in total. The number of likely N-dealkylation sites (N-methyl/N-ethyl adjacent to an activating group) is 1. The Balaban J connectivity index is 1.60. The van der Waals surface area contributed by atoms with E-state index in [9.17, 15) is 0 Å². The van der Waals surface area contributed by atoms with E-state index in [-0.39, 0.29) is 0 Å². The molecule has 0 unspecified atom stereocenters. The fourth-order valence-electron chi connectivity index (χ4n) is 1.41. The highest BCUT2D eigenvalue weighted by atomic mass is 32.1. The summed E-state index contributed by atoms with van der Waals surface area (Å²) >= 11 is 1.73. The molecule has 1 aromatic heterocycles. The number of aromatic nitrogens is 1. The Morgan fingerprint density at radius 2 is 2.50 bits per heavy atom. The van der Waals surface area contributed by atoms with Gasteiger partial charge < -0.3 is 5.32 Å². The second-order valence-corrected chi connectivity index (χ2v) is 4.90. The Morgan fingerprint density at radius 1 is 1.64 bits per heavy atom. The summed E-state index contributed by atoms with van der Waals surface area (Å²) in [4.78, 5) is 7.75. The van der Waals surface area contributed by atoms with Gasteiger partial charge in [-0.3, -0.25) is 9.88 Å². The van der Waals surface area contributed by atoms with Crippen LogP contribution in [0, 0.1) is 0 Å². The van der Waals surface area contributed by atoms with Gasteiger partial charge >= 0.3 is 0 Å². The van der Waals surface area contributed by atoms with Crippen molar-refractivity contribution >= 4 is 11.3 Å². The minimum absolute atomic E-state index is 0.826. The van der Waals surface area contributed by atoms with Crippen LogP contribution >= 0.6 is 11.3 Å². The van der Waals surface area contributed by atoms with Crippen LogP contribution in [-0.4, -0.2) is 36.1 Å². The molecule has 0 bridgehead atoms. The Labute approximate surface area is 89.1 Å². The van der Waals surface area contributed by atoms with E-state index in [2.05, 4.69) is 22.2 Å². The molecule has 0 radical (unpaired) electrons. The molecular formula is C10H17N3S. The largest absolute Gasteiger partial charge is 0.313 e. The first kappa shape index (κ1) is 10.1. The maximum Gasteiger partial charge on any atom is 0.0794 e. The quantitative estimate of drug-likeness (QED) is 0.769. The molecule has 1 aromatic rings. The maximum absolute atomic E-state index is 4.07. The molecule has 78 valence electrons. The molecule has 4 heteroatoms. The van der Waals surface area contributed by atoms with Crippen molar-refractivity contribution in [2.45, 2.75) is 25.4 Å². The summed E-state index contributed by atoms with van der Waals surface area (Å²) in [5.74, 6) is 0. The van der Waals surface area contributed by atoms with Crippen LogP contribution in [0.25, 0.3) is 0 Å². The molecule has 1 aliphatic carbocycles. The molecule has 1 aliphatic rings. The second-order valence-electron chi connectivity index (χ2n) is 3.93. The summed E-state index contributed by atoms with van der Waals surface area (Å²) in [6.45, 7) is 3.26. The number of rotatable bonds is 6. The lowest BCUT2D eigenvalue weighted by Gasteiger charge is -2.15. The van der Waals surface area contributed by atoms with Crippen molar-refractivity contribution in [1.82, 2.24) is 15.2 Å². The van der Waals surface area contributed by atoms with Gasteiger partial charge in [-0.1, -0.05) is 0 Å². The Kier molecular flexibility index (Phi) is 3.50. The standard InChI is InChI=1S/C10H17N3S/c1-13(5-4-12-9-2-3-9)7-10-6-11-8-14-10/h6,8-9,12H,2-5,7H2,1H3. The van der Waals surface area contributed by atoms with Gasteiger partial charge in [0.2, 0.25) is 0 Å². The van der Waals surface area contributed by atoms with Crippen LogP contribution < -0.4 is 5.32 Å². The molecule has 0 aliphatic heterocycles. The van der Waals surface area contributed by atoms with Gasteiger partial charge in [0.15, 0.2) is 0 Å². The van der Waals surface area contributed by atoms with Crippen LogP contribution in [0.5, 0.6) is 0 Å². The van der Waals surface area contributed by atoms with E-state index in [1.165, 1.54) is 17.7 Å². The first-order valence-corrected chi connectivity index (χ1v) is 6.02. The van der Waals surface area contributed by atoms with Crippen LogP contribution in [0.15, 0.2) is 11.7 Å². The molecule has 1 heterocycles. The van der Waals surface area contributed by atoms with E-state index >= 15 is 0 Å². The zero-order chi connectivity index (χ0) is 9.80. The maximum atomic E-state index is 4.07. The van der Waals surface area contributed by atoms with Crippen LogP contribution in [0.2, 0.25) is 0 Å². The van der Waals surface area contributed by atoms with Crippen molar-refractivity contribution in [3.05, 3.63) is 16.6 Å². The van der Waals surface area contributed by atoms with E-state index in [0.717, 1.165) is 25.7 Å². The van der Waals surface area contributed by atoms with Crippen LogP contribution in [0.3, 0.4) is 0 Å². The van der Waals surface area contributed by atoms with Gasteiger partial charge in [0.25, 0.3) is 0 Å². The summed E-state index contributed by atoms with van der Waals surface area (Å²) in [5.41, 5.74) is 1.89. The number of nitrogens with one attached hydrogen (secondary N) is 1. The Hall–Kier alpha value is -0.450. The average Bonchev–Trinajstić information content (AvgIpc) is 2.83. The third kappa shape index (κ3) is 3.36. The fourth-order valence-corrected chi connectivity index (χ4v) is 2.09. The minimum Gasteiger partial charge on any atom is -0.313 e. The monoisotopic (exact) mass is 211 g/mol. The lowest BCUT2D eigenvalue weighted by molar-refractivity contribution is 0.326. The highest BCUT2D eigenvalue weighted by Crippen LogP contribution is 2.18. The Morgan fingerprint density at radius 3 is 3.14 bits per heavy atom. The predicted octanol–water partition coefficient (Wildman–Crippen LogP) is 1.33. The number of hydrogen-bond acceptors (Lipinski definition) is 4. The second kappa shape index (κ2) is 4.87. The molecule has 1 N–H and O–H groups in total. The summed E-state index contributed by atoms with van der Waals surface area (Å²) in [5, 5.41) is 3.51. The van der Waals surface area contributed by atoms with Gasteiger partial charge in [-0.2, -0.15) is 0 Å². The van der Waals surface area contributed by atoms with Crippen molar-refractivity contribution in [1.29, 1.82) is 0 Å². The summed E-state index contributed by atoms with van der Waals surface area (Å²) < 4.78 is 0. The van der Waals surface area contributed by atoms with Crippen molar-refractivity contribution in [2.75, 3.05) is 20.1 Å². The summed E-state index contributed by atoms with van der Waals surface area (Å²) in [6, 6.07) is 0.826. The van der Waals surface area contributed by atoms with E-state index in [0.29, 0.717) is 0 Å². The molecule has 14 heavy (non-hydrogen) atoms. The molecular weight excluding hydrogens is 194 g/mol. The van der Waals surface area contributed by atoms with E-state index < -0.39 is 0 Å². The zero-order valence-corrected chi connectivity index (χ0v) is 9.39. The number of thiazole rings is 1. The lowest BCUT2D eigenvalue weighted by Crippen LogP contribution is -2.29. The highest BCUT2D eigenvalue weighted by Gasteiger charge is 2.19. The van der Waals surface area contributed by atoms with Crippen molar-refractivity contribution in [2.24, 2.45) is 0 Å². The molecule has 0 aromatic carbocycles. The average molecular weight is 211 g/mol. The summed E-state index contributed by atoms with van der Waals surface area (Å²) in [7, 11) is 2.16. The van der Waals surface area contributed by atoms with Gasteiger partial charge in [0.1, 0.15) is 0 Å². The van der Waals surface area contributed by atoms with Gasteiger partial charge in [-0.05, 0) is 19.9 Å². The predicted molar refractivity (Wildman–Crippen MR) is 59.5 cm³/mol. The molecule has 2 rings (SSSR count). The van der Waals surface area contributed by atoms with E-state index in [1.807, 2.05) is 11.7 Å². The van der Waals surface area contributed by atoms with Crippen LogP contribution in [0.1, 0.15) is 17.7 Å². The SMILES string of the molecule is CN(CCNC1CC1)Cc1cncs1. The molecule has 0 spiro atoms. The van der Waals surface area contributed by atoms with Crippen molar-refractivity contribution in [3.8, 4) is 0 Å². The van der Waals surface area contributed by atoms with Crippen molar-refractivity contribution in [3.63, 3.8) is 0 Å². The van der Waals surface area contributed by atoms with Crippen LogP contribution in [0.4, 0.5) is 0 Å². The van der Waals surface area contributed by atoms with Crippen LogP contribution in [-0.2, 0) is 6.54 Å². The normalized spacial score (nSPS) is 16.4. The van der Waals surface area contributed by atoms with E-state index in [4.69, 9.17) is 0 Å². The molecule has 0 amide bonds. The zero-order valence-electron chi connectivity index (χ0n) is 8.57. The lowest BCUT2D eigenvalue weighted by atomic mass is 10.4. The Bertz CT molecular complexity index is 256. The fraction of sp³-hybridized carbons (Fsp3) is 0.700. The smallest absolute Gasteiger partial charge is 0.0794 e. The minimum atomic E-state index is 0.826. The number of hydrogen-bond donors (Lipinski definition) is 1. The summed E-state index contributed by atoms with van der Waals surface area (Å²) in [6.07, 6.45) is 4.70. The van der Waals surface area contributed by atoms with Crippen molar-refractivity contribution < 1.29 is 0 Å². The topological polar surface area (TPSA) is 28.2 Å². The van der Waals surface area contributed by atoms with Gasteiger partial charge in [-0.25, -0.2) is 0 Å². The van der Waals surface area contributed by atoms with Gasteiger partial charge in [-0.15, -0.1) is 11.3 Å². The molecule has 1 fully saturated rings. The third-order valence-corrected chi connectivity index (χ3v) is 3.18. The van der Waals surface area contributed by atoms with Gasteiger partial charge in [0.05, 0.1) is 5.51 Å². The number of nitrogens with zero attached hydrogens (tertiary/aromatic N) is 2.